The van der Waals surface area contributed by atoms with Crippen LogP contribution in [-0.2, 0) is 37.9 Å². The molecule has 0 radical (unpaired) electrons. The van der Waals surface area contributed by atoms with Crippen molar-refractivity contribution in [2.45, 2.75) is 38.7 Å². The molecule has 0 saturated carbocycles. The Kier molecular flexibility index (Phi) is 18.1. The Labute approximate surface area is 278 Å². The molecular weight excluding hydrogens is 608 g/mol. The van der Waals surface area contributed by atoms with Gasteiger partial charge in [0.2, 0.25) is 0 Å². The summed E-state index contributed by atoms with van der Waals surface area (Å²) in [6, 6.07) is 16.5. The van der Waals surface area contributed by atoms with Gasteiger partial charge in [-0.15, -0.1) is 0 Å². The third-order valence-corrected chi connectivity index (χ3v) is 6.85. The first kappa shape index (κ1) is 38.2. The van der Waals surface area contributed by atoms with E-state index < -0.39 is 17.8 Å². The molecule has 0 aromatic heterocycles. The molecule has 2 N–H and O–H groups in total. The number of amides is 2. The lowest BCUT2D eigenvalue weighted by atomic mass is 9.98. The van der Waals surface area contributed by atoms with Crippen molar-refractivity contribution in [3.8, 4) is 11.1 Å². The minimum Gasteiger partial charge on any atom is -0.449 e. The van der Waals surface area contributed by atoms with Gasteiger partial charge < -0.3 is 48.5 Å². The van der Waals surface area contributed by atoms with Crippen LogP contribution >= 0.6 is 0 Å². The molecule has 0 atom stereocenters. The van der Waals surface area contributed by atoms with Crippen LogP contribution in [0.5, 0.6) is 0 Å². The van der Waals surface area contributed by atoms with Gasteiger partial charge in [0, 0.05) is 25.6 Å². The minimum atomic E-state index is -0.515. The molecule has 1 aliphatic carbocycles. The molecule has 1 aliphatic rings. The van der Waals surface area contributed by atoms with Gasteiger partial charge in [0.15, 0.2) is 0 Å². The predicted molar refractivity (Wildman–Crippen MR) is 177 cm³/mol. The highest BCUT2D eigenvalue weighted by molar-refractivity contribution is 5.79. The Bertz CT molecular complexity index is 1130. The smallest absolute Gasteiger partial charge is 0.407 e. The van der Waals surface area contributed by atoms with Crippen LogP contribution in [0, 0.1) is 0 Å². The van der Waals surface area contributed by atoms with Crippen LogP contribution in [0.4, 0.5) is 9.59 Å². The van der Waals surface area contributed by atoms with Gasteiger partial charge in [0.25, 0.3) is 0 Å². The van der Waals surface area contributed by atoms with Crippen molar-refractivity contribution >= 4 is 12.2 Å². The summed E-state index contributed by atoms with van der Waals surface area (Å²) in [6.45, 7) is 12.2. The first-order chi connectivity index (χ1) is 22.8. The van der Waals surface area contributed by atoms with Crippen molar-refractivity contribution in [2.75, 3.05) is 99.0 Å². The number of carbonyl (C=O) groups is 2. The number of alkyl carbamates (subject to hydrolysis) is 2. The van der Waals surface area contributed by atoms with Gasteiger partial charge in [-0.3, -0.25) is 0 Å². The third kappa shape index (κ3) is 15.9. The second kappa shape index (κ2) is 22.3. The van der Waals surface area contributed by atoms with Gasteiger partial charge in [-0.1, -0.05) is 48.5 Å². The van der Waals surface area contributed by atoms with Crippen molar-refractivity contribution in [1.29, 1.82) is 0 Å². The van der Waals surface area contributed by atoms with Crippen LogP contribution in [0.15, 0.2) is 48.5 Å². The van der Waals surface area contributed by atoms with E-state index in [1.165, 1.54) is 22.3 Å². The predicted octanol–water partition coefficient (Wildman–Crippen LogP) is 4.54. The molecule has 12 nitrogen and oxygen atoms in total. The molecular formula is C35H52N2O10. The maximum Gasteiger partial charge on any atom is 0.407 e. The van der Waals surface area contributed by atoms with E-state index in [-0.39, 0.29) is 5.92 Å². The standard InChI is InChI=1S/C35H52N2O10/c1-35(2,3)47-34(39)37-14-16-41-18-20-43-22-24-45-26-25-44-23-21-42-19-17-40-15-8-13-36-33(38)46-27-32-30-11-6-4-9-28(30)29-10-5-7-12-31(29)32/h4-7,9-12,32H,8,13-27H2,1-3H3,(H,36,38)(H,37,39). The number of fused-ring (bicyclic) bond motifs is 3. The summed E-state index contributed by atoms with van der Waals surface area (Å²) in [6.07, 6.45) is -0.191. The quantitative estimate of drug-likeness (QED) is 0.155. The second-order valence-electron chi connectivity index (χ2n) is 11.7. The molecule has 2 aromatic carbocycles. The summed E-state index contributed by atoms with van der Waals surface area (Å²) < 4.78 is 43.5. The Balaban J connectivity index is 1.01. The molecule has 0 aliphatic heterocycles. The monoisotopic (exact) mass is 660 g/mol. The summed E-state index contributed by atoms with van der Waals surface area (Å²) in [5.74, 6) is 0.0490. The maximum absolute atomic E-state index is 12.2. The zero-order chi connectivity index (χ0) is 33.6. The van der Waals surface area contributed by atoms with Crippen molar-refractivity contribution < 1.29 is 47.5 Å². The molecule has 262 valence electrons. The van der Waals surface area contributed by atoms with Crippen LogP contribution in [0.2, 0.25) is 0 Å². The molecule has 3 rings (SSSR count). The zero-order valence-electron chi connectivity index (χ0n) is 28.1. The number of nitrogens with one attached hydrogen (secondary N) is 2. The second-order valence-corrected chi connectivity index (χ2v) is 11.7. The third-order valence-electron chi connectivity index (χ3n) is 6.85. The first-order valence-electron chi connectivity index (χ1n) is 16.4. The van der Waals surface area contributed by atoms with E-state index in [2.05, 4.69) is 34.9 Å². The summed E-state index contributed by atoms with van der Waals surface area (Å²) in [7, 11) is 0. The summed E-state index contributed by atoms with van der Waals surface area (Å²) in [5, 5.41) is 5.43. The van der Waals surface area contributed by atoms with E-state index in [0.29, 0.717) is 105 Å². The molecule has 0 fully saturated rings. The van der Waals surface area contributed by atoms with Crippen LogP contribution in [0.1, 0.15) is 44.2 Å². The lowest BCUT2D eigenvalue weighted by Crippen LogP contribution is -2.34. The van der Waals surface area contributed by atoms with Gasteiger partial charge in [0.1, 0.15) is 12.2 Å². The molecule has 0 bridgehead atoms. The molecule has 0 unspecified atom stereocenters. The van der Waals surface area contributed by atoms with Gasteiger partial charge in [-0.05, 0) is 49.4 Å². The highest BCUT2D eigenvalue weighted by atomic mass is 16.6. The molecule has 0 spiro atoms. The SMILES string of the molecule is CC(C)(C)OC(=O)NCCOCCOCCOCCOCCOCCOCCCNC(=O)OCC1c2ccccc2-c2ccccc21. The van der Waals surface area contributed by atoms with Crippen molar-refractivity contribution in [1.82, 2.24) is 10.6 Å². The van der Waals surface area contributed by atoms with E-state index >= 15 is 0 Å². The van der Waals surface area contributed by atoms with Gasteiger partial charge >= 0.3 is 12.2 Å². The molecule has 0 saturated heterocycles. The van der Waals surface area contributed by atoms with Crippen LogP contribution in [-0.4, -0.2) is 117 Å². The number of hydrogen-bond donors (Lipinski definition) is 2. The average molecular weight is 661 g/mol. The highest BCUT2D eigenvalue weighted by Gasteiger charge is 2.28. The van der Waals surface area contributed by atoms with E-state index in [0.717, 1.165) is 0 Å². The molecule has 2 aromatic rings. The summed E-state index contributed by atoms with van der Waals surface area (Å²) in [4.78, 5) is 23.7. The Morgan fingerprint density at radius 3 is 1.49 bits per heavy atom. The topological polar surface area (TPSA) is 132 Å². The summed E-state index contributed by atoms with van der Waals surface area (Å²) in [5.41, 5.74) is 4.29. The van der Waals surface area contributed by atoms with E-state index in [1.807, 2.05) is 45.0 Å². The van der Waals surface area contributed by atoms with Crippen molar-refractivity contribution in [2.24, 2.45) is 0 Å². The normalized spacial score (nSPS) is 12.4. The maximum atomic E-state index is 12.2. The van der Waals surface area contributed by atoms with Crippen molar-refractivity contribution in [3.05, 3.63) is 59.7 Å². The Morgan fingerprint density at radius 2 is 1.00 bits per heavy atom. The number of rotatable bonds is 24. The van der Waals surface area contributed by atoms with Crippen LogP contribution in [0.25, 0.3) is 11.1 Å². The fourth-order valence-electron chi connectivity index (χ4n) is 4.76. The van der Waals surface area contributed by atoms with E-state index in [1.54, 1.807) is 0 Å². The van der Waals surface area contributed by atoms with Crippen LogP contribution < -0.4 is 10.6 Å². The number of hydrogen-bond acceptors (Lipinski definition) is 10. The molecule has 2 amide bonds. The average Bonchev–Trinajstić information content (AvgIpc) is 3.36. The van der Waals surface area contributed by atoms with E-state index in [4.69, 9.17) is 37.9 Å². The number of carbonyl (C=O) groups excluding carboxylic acids is 2. The van der Waals surface area contributed by atoms with Gasteiger partial charge in [-0.2, -0.15) is 0 Å². The number of ether oxygens (including phenoxy) is 8. The fraction of sp³-hybridized carbons (Fsp3) is 0.600. The van der Waals surface area contributed by atoms with Crippen molar-refractivity contribution in [3.63, 3.8) is 0 Å². The minimum absolute atomic E-state index is 0.0490. The summed E-state index contributed by atoms with van der Waals surface area (Å²) >= 11 is 0. The van der Waals surface area contributed by atoms with Crippen LogP contribution in [0.3, 0.4) is 0 Å². The fourth-order valence-corrected chi connectivity index (χ4v) is 4.76. The highest BCUT2D eigenvalue weighted by Crippen LogP contribution is 2.44. The van der Waals surface area contributed by atoms with Gasteiger partial charge in [-0.25, -0.2) is 9.59 Å². The largest absolute Gasteiger partial charge is 0.449 e. The molecule has 47 heavy (non-hydrogen) atoms. The zero-order valence-corrected chi connectivity index (χ0v) is 28.1. The van der Waals surface area contributed by atoms with E-state index in [9.17, 15) is 9.59 Å². The lowest BCUT2D eigenvalue weighted by molar-refractivity contribution is -0.0167. The van der Waals surface area contributed by atoms with Gasteiger partial charge in [0.05, 0.1) is 72.7 Å². The lowest BCUT2D eigenvalue weighted by Gasteiger charge is -2.19. The first-order valence-corrected chi connectivity index (χ1v) is 16.4. The number of benzene rings is 2. The molecule has 0 heterocycles. The Hall–Kier alpha value is -3.26. The Morgan fingerprint density at radius 1 is 0.574 bits per heavy atom. The molecule has 12 heteroatoms.